The standard InChI is InChI=1S/C20H22N2O4/c1-12-7-16(26-11-13-3-5-15(25-2)6-4-13)9-18-19(12)14(10-22-18)8-17(21)20(23)24/h3-7,9-10,17,22H,8,11,21H2,1-2H3,(H,23,24)/t17-/m0/s1. The van der Waals surface area contributed by atoms with Gasteiger partial charge >= 0.3 is 5.97 Å². The molecule has 2 aromatic carbocycles. The van der Waals surface area contributed by atoms with Crippen LogP contribution in [0.2, 0.25) is 0 Å². The number of methoxy groups -OCH3 is 1. The van der Waals surface area contributed by atoms with Gasteiger partial charge in [0.15, 0.2) is 0 Å². The van der Waals surface area contributed by atoms with Gasteiger partial charge in [-0.05, 0) is 41.8 Å². The summed E-state index contributed by atoms with van der Waals surface area (Å²) < 4.78 is 11.1. The van der Waals surface area contributed by atoms with E-state index in [1.165, 1.54) is 0 Å². The number of nitrogens with one attached hydrogen (secondary N) is 1. The topological polar surface area (TPSA) is 97.6 Å². The van der Waals surface area contributed by atoms with Gasteiger partial charge in [-0.2, -0.15) is 0 Å². The van der Waals surface area contributed by atoms with E-state index < -0.39 is 12.0 Å². The lowest BCUT2D eigenvalue weighted by Crippen LogP contribution is -2.32. The van der Waals surface area contributed by atoms with E-state index in [0.29, 0.717) is 6.61 Å². The largest absolute Gasteiger partial charge is 0.497 e. The van der Waals surface area contributed by atoms with E-state index in [-0.39, 0.29) is 6.42 Å². The van der Waals surface area contributed by atoms with Crippen LogP contribution in [0.25, 0.3) is 10.9 Å². The van der Waals surface area contributed by atoms with Crippen molar-refractivity contribution in [3.8, 4) is 11.5 Å². The van der Waals surface area contributed by atoms with E-state index in [4.69, 9.17) is 20.3 Å². The molecule has 0 spiro atoms. The molecule has 0 bridgehead atoms. The minimum Gasteiger partial charge on any atom is -0.497 e. The summed E-state index contributed by atoms with van der Waals surface area (Å²) in [7, 11) is 1.64. The number of H-pyrrole nitrogens is 1. The predicted molar refractivity (Wildman–Crippen MR) is 99.7 cm³/mol. The highest BCUT2D eigenvalue weighted by molar-refractivity contribution is 5.88. The number of fused-ring (bicyclic) bond motifs is 1. The van der Waals surface area contributed by atoms with Crippen molar-refractivity contribution in [2.24, 2.45) is 5.73 Å². The first kappa shape index (κ1) is 17.8. The lowest BCUT2D eigenvalue weighted by Gasteiger charge is -2.10. The Morgan fingerprint density at radius 1 is 1.23 bits per heavy atom. The summed E-state index contributed by atoms with van der Waals surface area (Å²) in [5.41, 5.74) is 9.53. The van der Waals surface area contributed by atoms with Crippen LogP contribution in [0.4, 0.5) is 0 Å². The molecule has 0 fully saturated rings. The second-order valence-corrected chi connectivity index (χ2v) is 6.26. The zero-order valence-corrected chi connectivity index (χ0v) is 14.8. The Bertz CT molecular complexity index is 915. The Morgan fingerprint density at radius 2 is 1.96 bits per heavy atom. The maximum absolute atomic E-state index is 11.0. The molecule has 0 amide bonds. The Labute approximate surface area is 151 Å². The average Bonchev–Trinajstić information content (AvgIpc) is 3.03. The van der Waals surface area contributed by atoms with Crippen molar-refractivity contribution >= 4 is 16.9 Å². The Kier molecular flexibility index (Phi) is 5.14. The number of carbonyl (C=O) groups is 1. The third-order valence-corrected chi connectivity index (χ3v) is 4.35. The minimum atomic E-state index is -1.00. The van der Waals surface area contributed by atoms with E-state index in [9.17, 15) is 4.79 Å². The number of nitrogens with two attached hydrogens (primary N) is 1. The molecular formula is C20H22N2O4. The lowest BCUT2D eigenvalue weighted by atomic mass is 10.0. The Morgan fingerprint density at radius 3 is 2.62 bits per heavy atom. The fourth-order valence-corrected chi connectivity index (χ4v) is 2.99. The number of aromatic amines is 1. The molecule has 0 unspecified atom stereocenters. The average molecular weight is 354 g/mol. The monoisotopic (exact) mass is 354 g/mol. The van der Waals surface area contributed by atoms with Crippen LogP contribution in [0.5, 0.6) is 11.5 Å². The van der Waals surface area contributed by atoms with Crippen LogP contribution in [-0.2, 0) is 17.8 Å². The van der Waals surface area contributed by atoms with Gasteiger partial charge in [0, 0.05) is 29.6 Å². The number of ether oxygens (including phenoxy) is 2. The number of carboxylic acids is 1. The van der Waals surface area contributed by atoms with Gasteiger partial charge in [0.05, 0.1) is 7.11 Å². The molecule has 26 heavy (non-hydrogen) atoms. The number of carboxylic acid groups (broad SMARTS) is 1. The van der Waals surface area contributed by atoms with E-state index >= 15 is 0 Å². The van der Waals surface area contributed by atoms with Crippen LogP contribution in [0.15, 0.2) is 42.6 Å². The molecule has 0 saturated carbocycles. The van der Waals surface area contributed by atoms with Crippen LogP contribution >= 0.6 is 0 Å². The number of aryl methyl sites for hydroxylation is 1. The number of rotatable bonds is 7. The fourth-order valence-electron chi connectivity index (χ4n) is 2.99. The molecule has 1 heterocycles. The maximum Gasteiger partial charge on any atom is 0.320 e. The first-order valence-electron chi connectivity index (χ1n) is 8.32. The second kappa shape index (κ2) is 7.49. The highest BCUT2D eigenvalue weighted by Gasteiger charge is 2.16. The molecule has 0 aliphatic rings. The summed E-state index contributed by atoms with van der Waals surface area (Å²) in [6.07, 6.45) is 2.09. The summed E-state index contributed by atoms with van der Waals surface area (Å²) in [6, 6.07) is 10.7. The van der Waals surface area contributed by atoms with Gasteiger partial charge in [0.2, 0.25) is 0 Å². The molecule has 3 aromatic rings. The number of aromatic nitrogens is 1. The normalized spacial score (nSPS) is 12.1. The third-order valence-electron chi connectivity index (χ3n) is 4.35. The van der Waals surface area contributed by atoms with Crippen LogP contribution in [0.1, 0.15) is 16.7 Å². The van der Waals surface area contributed by atoms with Crippen molar-refractivity contribution in [2.75, 3.05) is 7.11 Å². The number of benzene rings is 2. The van der Waals surface area contributed by atoms with E-state index in [2.05, 4.69) is 4.98 Å². The summed E-state index contributed by atoms with van der Waals surface area (Å²) >= 11 is 0. The van der Waals surface area contributed by atoms with Gasteiger partial charge < -0.3 is 25.3 Å². The molecule has 0 aliphatic heterocycles. The molecule has 0 aliphatic carbocycles. The van der Waals surface area contributed by atoms with Crippen molar-refractivity contribution in [3.05, 3.63) is 59.3 Å². The van der Waals surface area contributed by atoms with Crippen molar-refractivity contribution < 1.29 is 19.4 Å². The van der Waals surface area contributed by atoms with E-state index in [1.807, 2.05) is 49.5 Å². The van der Waals surface area contributed by atoms with E-state index in [0.717, 1.165) is 39.1 Å². The number of hydrogen-bond acceptors (Lipinski definition) is 4. The first-order chi connectivity index (χ1) is 12.5. The molecule has 4 N–H and O–H groups in total. The van der Waals surface area contributed by atoms with Gasteiger partial charge in [-0.1, -0.05) is 12.1 Å². The van der Waals surface area contributed by atoms with Crippen molar-refractivity contribution in [2.45, 2.75) is 26.0 Å². The molecule has 1 atom stereocenters. The van der Waals surface area contributed by atoms with Crippen LogP contribution in [-0.4, -0.2) is 29.2 Å². The Hall–Kier alpha value is -2.99. The van der Waals surface area contributed by atoms with Gasteiger partial charge in [0.25, 0.3) is 0 Å². The second-order valence-electron chi connectivity index (χ2n) is 6.26. The molecule has 3 rings (SSSR count). The molecule has 6 heteroatoms. The summed E-state index contributed by atoms with van der Waals surface area (Å²) in [5, 5.41) is 10.0. The lowest BCUT2D eigenvalue weighted by molar-refractivity contribution is -0.138. The molecular weight excluding hydrogens is 332 g/mol. The maximum atomic E-state index is 11.0. The molecule has 136 valence electrons. The SMILES string of the molecule is COc1ccc(COc2cc(C)c3c(C[C@H](N)C(=O)O)c[nH]c3c2)cc1. The molecule has 0 radical (unpaired) electrons. The Balaban J connectivity index is 1.77. The van der Waals surface area contributed by atoms with Crippen LogP contribution < -0.4 is 15.2 Å². The minimum absolute atomic E-state index is 0.280. The van der Waals surface area contributed by atoms with Gasteiger partial charge in [-0.25, -0.2) is 0 Å². The first-order valence-corrected chi connectivity index (χ1v) is 8.32. The van der Waals surface area contributed by atoms with Crippen molar-refractivity contribution in [1.82, 2.24) is 4.98 Å². The molecule has 6 nitrogen and oxygen atoms in total. The van der Waals surface area contributed by atoms with Gasteiger partial charge in [0.1, 0.15) is 24.1 Å². The molecule has 0 saturated heterocycles. The predicted octanol–water partition coefficient (Wildman–Crippen LogP) is 3.02. The van der Waals surface area contributed by atoms with Crippen molar-refractivity contribution in [1.29, 1.82) is 0 Å². The fraction of sp³-hybridized carbons (Fsp3) is 0.250. The van der Waals surface area contributed by atoms with E-state index in [1.54, 1.807) is 7.11 Å². The molecule has 1 aromatic heterocycles. The third kappa shape index (κ3) is 3.81. The van der Waals surface area contributed by atoms with Gasteiger partial charge in [-0.15, -0.1) is 0 Å². The zero-order valence-electron chi connectivity index (χ0n) is 14.8. The van der Waals surface area contributed by atoms with Crippen molar-refractivity contribution in [3.63, 3.8) is 0 Å². The van der Waals surface area contributed by atoms with Crippen LogP contribution in [0.3, 0.4) is 0 Å². The highest BCUT2D eigenvalue weighted by Crippen LogP contribution is 2.28. The summed E-state index contributed by atoms with van der Waals surface area (Å²) in [4.78, 5) is 14.2. The zero-order chi connectivity index (χ0) is 18.7. The number of aliphatic carboxylic acids is 1. The summed E-state index contributed by atoms with van der Waals surface area (Å²) in [6.45, 7) is 2.43. The summed E-state index contributed by atoms with van der Waals surface area (Å²) in [5.74, 6) is 0.558. The highest BCUT2D eigenvalue weighted by atomic mass is 16.5. The van der Waals surface area contributed by atoms with Crippen LogP contribution in [0, 0.1) is 6.92 Å². The quantitative estimate of drug-likeness (QED) is 0.606. The van der Waals surface area contributed by atoms with Gasteiger partial charge in [-0.3, -0.25) is 4.79 Å². The smallest absolute Gasteiger partial charge is 0.320 e. The number of hydrogen-bond donors (Lipinski definition) is 3.